The van der Waals surface area contributed by atoms with Gasteiger partial charge in [0.15, 0.2) is 5.96 Å². The van der Waals surface area contributed by atoms with Crippen molar-refractivity contribution in [3.8, 4) is 0 Å². The number of ether oxygens (including phenoxy) is 1. The molecule has 0 amide bonds. The first-order valence-electron chi connectivity index (χ1n) is 7.35. The number of guanidine groups is 1. The number of aliphatic imine (C=N–C) groups is 1. The molecule has 2 saturated heterocycles. The van der Waals surface area contributed by atoms with E-state index in [1.165, 1.54) is 12.2 Å². The van der Waals surface area contributed by atoms with Crippen LogP contribution in [0.1, 0.15) is 20.3 Å². The van der Waals surface area contributed by atoms with Gasteiger partial charge in [0, 0.05) is 50.2 Å². The normalized spacial score (nSPS) is 29.1. The van der Waals surface area contributed by atoms with Crippen molar-refractivity contribution in [3.05, 3.63) is 0 Å². The zero-order valence-corrected chi connectivity index (χ0v) is 13.2. The van der Waals surface area contributed by atoms with Gasteiger partial charge >= 0.3 is 0 Å². The molecule has 0 aliphatic carbocycles. The Morgan fingerprint density at radius 2 is 2.37 bits per heavy atom. The first-order chi connectivity index (χ1) is 9.20. The van der Waals surface area contributed by atoms with Gasteiger partial charge in [0.05, 0.1) is 6.61 Å². The van der Waals surface area contributed by atoms with Gasteiger partial charge < -0.3 is 15.0 Å². The van der Waals surface area contributed by atoms with Crippen LogP contribution < -0.4 is 5.32 Å². The van der Waals surface area contributed by atoms with Crippen LogP contribution in [-0.2, 0) is 4.74 Å². The Balaban J connectivity index is 1.82. The first-order valence-corrected chi connectivity index (χ1v) is 8.40. The van der Waals surface area contributed by atoms with E-state index in [4.69, 9.17) is 4.74 Å². The summed E-state index contributed by atoms with van der Waals surface area (Å²) in [6.45, 7) is 9.65. The molecule has 0 spiro atoms. The highest BCUT2D eigenvalue weighted by Gasteiger charge is 2.25. The van der Waals surface area contributed by atoms with Crippen molar-refractivity contribution in [1.82, 2.24) is 10.2 Å². The second-order valence-electron chi connectivity index (χ2n) is 5.76. The van der Waals surface area contributed by atoms with Crippen molar-refractivity contribution in [1.29, 1.82) is 0 Å². The lowest BCUT2D eigenvalue weighted by atomic mass is 10.1. The molecule has 2 atom stereocenters. The predicted octanol–water partition coefficient (Wildman–Crippen LogP) is 1.67. The maximum atomic E-state index is 5.42. The Kier molecular flexibility index (Phi) is 5.82. The summed E-state index contributed by atoms with van der Waals surface area (Å²) in [4.78, 5) is 6.86. The largest absolute Gasteiger partial charge is 0.381 e. The molecule has 2 heterocycles. The molecule has 0 bridgehead atoms. The van der Waals surface area contributed by atoms with E-state index < -0.39 is 0 Å². The molecule has 0 aromatic rings. The van der Waals surface area contributed by atoms with Gasteiger partial charge in [-0.15, -0.1) is 0 Å². The maximum absolute atomic E-state index is 5.42. The number of hydrogen-bond donors (Lipinski definition) is 1. The van der Waals surface area contributed by atoms with Crippen molar-refractivity contribution in [3.63, 3.8) is 0 Å². The second kappa shape index (κ2) is 7.39. The Hall–Kier alpha value is -0.420. The van der Waals surface area contributed by atoms with E-state index in [2.05, 4.69) is 40.8 Å². The standard InChI is InChI=1S/C14H27N3OS/c1-11(2)13-9-17(5-7-19-13)14(15-3)16-8-12-4-6-18-10-12/h11-13H,4-10H2,1-3H3,(H,15,16). The van der Waals surface area contributed by atoms with Crippen LogP contribution in [-0.4, -0.2) is 61.8 Å². The third kappa shape index (κ3) is 4.28. The third-order valence-electron chi connectivity index (χ3n) is 3.92. The van der Waals surface area contributed by atoms with Gasteiger partial charge in [0.25, 0.3) is 0 Å². The van der Waals surface area contributed by atoms with Crippen molar-refractivity contribution in [2.45, 2.75) is 25.5 Å². The Bertz CT molecular complexity index is 303. The SMILES string of the molecule is CN=C(NCC1CCOC1)N1CCSC(C(C)C)C1. The second-order valence-corrected chi connectivity index (χ2v) is 7.10. The van der Waals surface area contributed by atoms with E-state index >= 15 is 0 Å². The van der Waals surface area contributed by atoms with Crippen LogP contribution in [0.25, 0.3) is 0 Å². The molecule has 2 rings (SSSR count). The van der Waals surface area contributed by atoms with E-state index in [-0.39, 0.29) is 0 Å². The van der Waals surface area contributed by atoms with E-state index in [0.29, 0.717) is 5.92 Å². The molecule has 19 heavy (non-hydrogen) atoms. The van der Waals surface area contributed by atoms with Crippen LogP contribution in [0.3, 0.4) is 0 Å². The summed E-state index contributed by atoms with van der Waals surface area (Å²) in [5, 5.41) is 4.25. The Morgan fingerprint density at radius 3 is 3.00 bits per heavy atom. The summed E-state index contributed by atoms with van der Waals surface area (Å²) < 4.78 is 5.42. The summed E-state index contributed by atoms with van der Waals surface area (Å²) in [7, 11) is 1.89. The molecular weight excluding hydrogens is 258 g/mol. The van der Waals surface area contributed by atoms with Gasteiger partial charge in [0.1, 0.15) is 0 Å². The molecule has 4 nitrogen and oxygen atoms in total. The fourth-order valence-corrected chi connectivity index (χ4v) is 3.88. The first kappa shape index (κ1) is 15.0. The van der Waals surface area contributed by atoms with Gasteiger partial charge in [-0.05, 0) is 12.3 Å². The lowest BCUT2D eigenvalue weighted by Gasteiger charge is -2.36. The lowest BCUT2D eigenvalue weighted by molar-refractivity contribution is 0.186. The maximum Gasteiger partial charge on any atom is 0.193 e. The van der Waals surface area contributed by atoms with E-state index in [1.807, 2.05) is 7.05 Å². The average molecular weight is 285 g/mol. The smallest absolute Gasteiger partial charge is 0.193 e. The lowest BCUT2D eigenvalue weighted by Crippen LogP contribution is -2.49. The van der Waals surface area contributed by atoms with Crippen LogP contribution in [0.2, 0.25) is 0 Å². The molecule has 0 saturated carbocycles. The number of nitrogens with zero attached hydrogens (tertiary/aromatic N) is 2. The molecule has 2 fully saturated rings. The van der Waals surface area contributed by atoms with Gasteiger partial charge in [-0.2, -0.15) is 11.8 Å². The number of hydrogen-bond acceptors (Lipinski definition) is 3. The topological polar surface area (TPSA) is 36.9 Å². The summed E-state index contributed by atoms with van der Waals surface area (Å²) in [6.07, 6.45) is 1.18. The van der Waals surface area contributed by atoms with Crippen LogP contribution in [0, 0.1) is 11.8 Å². The Morgan fingerprint density at radius 1 is 1.53 bits per heavy atom. The summed E-state index contributed by atoms with van der Waals surface area (Å²) >= 11 is 2.10. The van der Waals surface area contributed by atoms with E-state index in [9.17, 15) is 0 Å². The quantitative estimate of drug-likeness (QED) is 0.632. The van der Waals surface area contributed by atoms with Crippen molar-refractivity contribution in [2.24, 2.45) is 16.8 Å². The summed E-state index contributed by atoms with van der Waals surface area (Å²) in [5.41, 5.74) is 0. The molecule has 0 aromatic carbocycles. The van der Waals surface area contributed by atoms with E-state index in [1.54, 1.807) is 0 Å². The van der Waals surface area contributed by atoms with Gasteiger partial charge in [-0.3, -0.25) is 4.99 Å². The fraction of sp³-hybridized carbons (Fsp3) is 0.929. The predicted molar refractivity (Wildman–Crippen MR) is 82.9 cm³/mol. The zero-order valence-electron chi connectivity index (χ0n) is 12.4. The molecule has 110 valence electrons. The molecule has 2 unspecified atom stereocenters. The monoisotopic (exact) mass is 285 g/mol. The van der Waals surface area contributed by atoms with Crippen LogP contribution >= 0.6 is 11.8 Å². The molecule has 2 aliphatic heterocycles. The van der Waals surface area contributed by atoms with Crippen molar-refractivity contribution < 1.29 is 4.74 Å². The summed E-state index contributed by atoms with van der Waals surface area (Å²) in [6, 6.07) is 0. The highest BCUT2D eigenvalue weighted by Crippen LogP contribution is 2.24. The Labute approximate surface area is 121 Å². The van der Waals surface area contributed by atoms with Gasteiger partial charge in [0.2, 0.25) is 0 Å². The van der Waals surface area contributed by atoms with Gasteiger partial charge in [-0.25, -0.2) is 0 Å². The molecule has 0 aromatic heterocycles. The number of rotatable bonds is 3. The van der Waals surface area contributed by atoms with Gasteiger partial charge in [-0.1, -0.05) is 13.8 Å². The third-order valence-corrected chi connectivity index (χ3v) is 5.46. The minimum Gasteiger partial charge on any atom is -0.381 e. The number of thioether (sulfide) groups is 1. The molecular formula is C14H27N3OS. The van der Waals surface area contributed by atoms with E-state index in [0.717, 1.165) is 50.0 Å². The van der Waals surface area contributed by atoms with Crippen LogP contribution in [0.5, 0.6) is 0 Å². The molecule has 1 N–H and O–H groups in total. The highest BCUT2D eigenvalue weighted by atomic mass is 32.2. The van der Waals surface area contributed by atoms with Crippen molar-refractivity contribution >= 4 is 17.7 Å². The average Bonchev–Trinajstić information content (AvgIpc) is 2.93. The van der Waals surface area contributed by atoms with Crippen molar-refractivity contribution in [2.75, 3.05) is 45.6 Å². The minimum atomic E-state index is 0.650. The highest BCUT2D eigenvalue weighted by molar-refractivity contribution is 8.00. The van der Waals surface area contributed by atoms with Crippen LogP contribution in [0.15, 0.2) is 4.99 Å². The fourth-order valence-electron chi connectivity index (χ4n) is 2.58. The summed E-state index contributed by atoms with van der Waals surface area (Å²) in [5.74, 6) is 3.65. The molecule has 0 radical (unpaired) electrons. The zero-order chi connectivity index (χ0) is 13.7. The molecule has 5 heteroatoms. The van der Waals surface area contributed by atoms with Crippen LogP contribution in [0.4, 0.5) is 0 Å². The number of nitrogens with one attached hydrogen (secondary N) is 1. The minimum absolute atomic E-state index is 0.650. The molecule has 2 aliphatic rings.